The molecule has 2 heterocycles. The first-order valence-electron chi connectivity index (χ1n) is 7.15. The molecule has 1 N–H and O–H groups in total. The smallest absolute Gasteiger partial charge is 0.193 e. The van der Waals surface area contributed by atoms with Crippen LogP contribution in [0.4, 0.5) is 0 Å². The lowest BCUT2D eigenvalue weighted by Crippen LogP contribution is -2.44. The summed E-state index contributed by atoms with van der Waals surface area (Å²) in [6.07, 6.45) is 0. The van der Waals surface area contributed by atoms with Gasteiger partial charge in [0.05, 0.1) is 16.1 Å². The van der Waals surface area contributed by atoms with Gasteiger partial charge >= 0.3 is 0 Å². The van der Waals surface area contributed by atoms with Crippen LogP contribution in [0.2, 0.25) is 10.0 Å². The lowest BCUT2D eigenvalue weighted by Gasteiger charge is -2.34. The Morgan fingerprint density at radius 3 is 2.73 bits per heavy atom. The highest BCUT2D eigenvalue weighted by atomic mass is 35.5. The van der Waals surface area contributed by atoms with E-state index in [1.165, 1.54) is 0 Å². The molecule has 2 atom stereocenters. The summed E-state index contributed by atoms with van der Waals surface area (Å²) in [6.45, 7) is 2.71. The standard InChI is InChI=1S/C17H14Cl2N2O/c1-10-9-21-16(20-10)12-4-2-3-5-13(12)17(21,22)11-6-7-14(18)15(19)8-11/h2-8,10,22H,9H2,1H3. The van der Waals surface area contributed by atoms with E-state index in [1.807, 2.05) is 42.2 Å². The van der Waals surface area contributed by atoms with Gasteiger partial charge in [-0.2, -0.15) is 0 Å². The molecule has 2 aliphatic heterocycles. The average Bonchev–Trinajstić information content (AvgIpc) is 3.00. The first kappa shape index (κ1) is 14.1. The molecule has 3 nitrogen and oxygen atoms in total. The van der Waals surface area contributed by atoms with Crippen LogP contribution in [0.5, 0.6) is 0 Å². The number of benzene rings is 2. The number of halogens is 2. The van der Waals surface area contributed by atoms with E-state index in [4.69, 9.17) is 23.2 Å². The predicted octanol–water partition coefficient (Wildman–Crippen LogP) is 3.65. The highest BCUT2D eigenvalue weighted by molar-refractivity contribution is 6.42. The van der Waals surface area contributed by atoms with E-state index in [0.29, 0.717) is 22.2 Å². The van der Waals surface area contributed by atoms with Gasteiger partial charge in [-0.15, -0.1) is 0 Å². The molecule has 0 aliphatic carbocycles. The Morgan fingerprint density at radius 2 is 1.95 bits per heavy atom. The van der Waals surface area contributed by atoms with Crippen LogP contribution >= 0.6 is 23.2 Å². The van der Waals surface area contributed by atoms with Crippen LogP contribution in [-0.4, -0.2) is 28.4 Å². The summed E-state index contributed by atoms with van der Waals surface area (Å²) in [5, 5.41) is 12.5. The molecule has 2 aromatic rings. The Kier molecular flexibility index (Phi) is 3.02. The Balaban J connectivity index is 1.97. The van der Waals surface area contributed by atoms with Crippen LogP contribution in [0, 0.1) is 0 Å². The molecular formula is C17H14Cl2N2O. The molecule has 5 heteroatoms. The molecule has 0 saturated heterocycles. The van der Waals surface area contributed by atoms with Crippen molar-refractivity contribution in [1.82, 2.24) is 4.90 Å². The number of aliphatic imine (C=N–C) groups is 1. The van der Waals surface area contributed by atoms with E-state index in [0.717, 1.165) is 17.0 Å². The topological polar surface area (TPSA) is 35.8 Å². The van der Waals surface area contributed by atoms with Gasteiger partial charge in [0.25, 0.3) is 0 Å². The molecule has 0 bridgehead atoms. The second-order valence-corrected chi connectivity index (χ2v) is 6.57. The Hall–Kier alpha value is -1.55. The van der Waals surface area contributed by atoms with Crippen LogP contribution in [-0.2, 0) is 5.72 Å². The van der Waals surface area contributed by atoms with E-state index >= 15 is 0 Å². The van der Waals surface area contributed by atoms with Crippen molar-refractivity contribution in [3.63, 3.8) is 0 Å². The van der Waals surface area contributed by atoms with E-state index in [1.54, 1.807) is 12.1 Å². The largest absolute Gasteiger partial charge is 0.363 e. The zero-order chi connectivity index (χ0) is 15.5. The Bertz CT molecular complexity index is 805. The summed E-state index contributed by atoms with van der Waals surface area (Å²) >= 11 is 12.2. The predicted molar refractivity (Wildman–Crippen MR) is 88.6 cm³/mol. The maximum atomic E-state index is 11.6. The molecule has 2 unspecified atom stereocenters. The van der Waals surface area contributed by atoms with Gasteiger partial charge in [-0.05, 0) is 19.1 Å². The Morgan fingerprint density at radius 1 is 1.18 bits per heavy atom. The lowest BCUT2D eigenvalue weighted by atomic mass is 9.93. The van der Waals surface area contributed by atoms with Gasteiger partial charge < -0.3 is 10.0 Å². The van der Waals surface area contributed by atoms with Gasteiger partial charge in [0.15, 0.2) is 5.72 Å². The molecule has 0 spiro atoms. The summed E-state index contributed by atoms with van der Waals surface area (Å²) in [5.74, 6) is 0.844. The van der Waals surface area contributed by atoms with Crippen molar-refractivity contribution in [3.05, 3.63) is 69.2 Å². The fourth-order valence-corrected chi connectivity index (χ4v) is 3.62. The normalized spacial score (nSPS) is 25.9. The van der Waals surface area contributed by atoms with Gasteiger partial charge in [0, 0.05) is 23.2 Å². The van der Waals surface area contributed by atoms with Crippen LogP contribution in [0.15, 0.2) is 47.5 Å². The second kappa shape index (κ2) is 4.72. The van der Waals surface area contributed by atoms with E-state index in [-0.39, 0.29) is 6.04 Å². The van der Waals surface area contributed by atoms with Crippen LogP contribution in [0.3, 0.4) is 0 Å². The maximum absolute atomic E-state index is 11.6. The quantitative estimate of drug-likeness (QED) is 0.865. The summed E-state index contributed by atoms with van der Waals surface area (Å²) < 4.78 is 0. The minimum atomic E-state index is -1.26. The van der Waals surface area contributed by atoms with Crippen molar-refractivity contribution in [3.8, 4) is 0 Å². The molecule has 0 saturated carbocycles. The lowest BCUT2D eigenvalue weighted by molar-refractivity contribution is -0.0265. The second-order valence-electron chi connectivity index (χ2n) is 5.76. The van der Waals surface area contributed by atoms with E-state index < -0.39 is 5.72 Å². The van der Waals surface area contributed by atoms with Gasteiger partial charge in [0.2, 0.25) is 0 Å². The molecule has 22 heavy (non-hydrogen) atoms. The maximum Gasteiger partial charge on any atom is 0.193 e. The van der Waals surface area contributed by atoms with Gasteiger partial charge in [-0.3, -0.25) is 4.99 Å². The van der Waals surface area contributed by atoms with Crippen molar-refractivity contribution in [2.24, 2.45) is 4.99 Å². The number of nitrogens with zero attached hydrogens (tertiary/aromatic N) is 2. The van der Waals surface area contributed by atoms with Gasteiger partial charge in [0.1, 0.15) is 5.84 Å². The zero-order valence-corrected chi connectivity index (χ0v) is 13.4. The van der Waals surface area contributed by atoms with Gasteiger partial charge in [-0.1, -0.05) is 53.5 Å². The summed E-state index contributed by atoms with van der Waals surface area (Å²) in [4.78, 5) is 6.62. The van der Waals surface area contributed by atoms with Crippen LogP contribution in [0.1, 0.15) is 23.6 Å². The summed E-state index contributed by atoms with van der Waals surface area (Å²) in [6, 6.07) is 13.2. The molecule has 4 rings (SSSR count). The highest BCUT2D eigenvalue weighted by Crippen LogP contribution is 2.45. The van der Waals surface area contributed by atoms with Crippen molar-refractivity contribution in [2.45, 2.75) is 18.7 Å². The van der Waals surface area contributed by atoms with E-state index in [9.17, 15) is 5.11 Å². The highest BCUT2D eigenvalue weighted by Gasteiger charge is 2.50. The first-order valence-corrected chi connectivity index (χ1v) is 7.90. The molecule has 0 radical (unpaired) electrons. The van der Waals surface area contributed by atoms with Crippen LogP contribution < -0.4 is 0 Å². The first-order chi connectivity index (χ1) is 10.5. The summed E-state index contributed by atoms with van der Waals surface area (Å²) in [7, 11) is 0. The van der Waals surface area contributed by atoms with E-state index in [2.05, 4.69) is 4.99 Å². The third kappa shape index (κ3) is 1.76. The third-order valence-corrected chi connectivity index (χ3v) is 5.04. The van der Waals surface area contributed by atoms with Gasteiger partial charge in [-0.25, -0.2) is 0 Å². The molecule has 0 amide bonds. The van der Waals surface area contributed by atoms with Crippen molar-refractivity contribution in [1.29, 1.82) is 0 Å². The van der Waals surface area contributed by atoms with Crippen molar-refractivity contribution in [2.75, 3.05) is 6.54 Å². The Labute approximate surface area is 138 Å². The van der Waals surface area contributed by atoms with Crippen molar-refractivity contribution >= 4 is 29.0 Å². The number of hydrogen-bond acceptors (Lipinski definition) is 3. The number of fused-ring (bicyclic) bond motifs is 3. The number of amidine groups is 1. The average molecular weight is 333 g/mol. The fourth-order valence-electron chi connectivity index (χ4n) is 3.32. The molecule has 2 aliphatic rings. The SMILES string of the molecule is CC1CN2C(=N1)c1ccccc1C2(O)c1ccc(Cl)c(Cl)c1. The van der Waals surface area contributed by atoms with Crippen molar-refractivity contribution < 1.29 is 5.11 Å². The minimum absolute atomic E-state index is 0.151. The molecule has 0 aromatic heterocycles. The minimum Gasteiger partial charge on any atom is -0.363 e. The zero-order valence-electron chi connectivity index (χ0n) is 11.9. The number of hydrogen-bond donors (Lipinski definition) is 1. The number of aliphatic hydroxyl groups is 1. The fraction of sp³-hybridized carbons (Fsp3) is 0.235. The van der Waals surface area contributed by atoms with Crippen LogP contribution in [0.25, 0.3) is 0 Å². The summed E-state index contributed by atoms with van der Waals surface area (Å²) in [5.41, 5.74) is 1.25. The molecule has 112 valence electrons. The number of rotatable bonds is 1. The third-order valence-electron chi connectivity index (χ3n) is 4.30. The molecular weight excluding hydrogens is 319 g/mol. The monoisotopic (exact) mass is 332 g/mol. The molecule has 2 aromatic carbocycles. The molecule has 0 fully saturated rings.